The average Bonchev–Trinajstić information content (AvgIpc) is 2.20. The van der Waals surface area contributed by atoms with Crippen LogP contribution in [0.4, 0.5) is 0 Å². The summed E-state index contributed by atoms with van der Waals surface area (Å²) in [4.78, 5) is 11.4. The number of rotatable bonds is 4. The second-order valence-electron chi connectivity index (χ2n) is 3.76. The summed E-state index contributed by atoms with van der Waals surface area (Å²) in [7, 11) is 0. The minimum Gasteiger partial charge on any atom is -0.487 e. The van der Waals surface area contributed by atoms with Crippen LogP contribution < -0.4 is 4.74 Å². The van der Waals surface area contributed by atoms with Gasteiger partial charge in [0.15, 0.2) is 5.78 Å². The first-order chi connectivity index (χ1) is 7.41. The van der Waals surface area contributed by atoms with Crippen molar-refractivity contribution in [1.82, 2.24) is 0 Å². The molecule has 1 aromatic carbocycles. The van der Waals surface area contributed by atoms with Crippen LogP contribution in [0.15, 0.2) is 22.7 Å². The van der Waals surface area contributed by atoms with E-state index in [0.29, 0.717) is 11.3 Å². The number of Topliss-reactive ketones (excluding diaryl/α,β-unsaturated/α-hetero) is 1. The monoisotopic (exact) mass is 286 g/mol. The van der Waals surface area contributed by atoms with Crippen molar-refractivity contribution in [2.24, 2.45) is 0 Å². The molecule has 2 atom stereocenters. The van der Waals surface area contributed by atoms with Crippen LogP contribution in [0.5, 0.6) is 5.75 Å². The third kappa shape index (κ3) is 3.32. The van der Waals surface area contributed by atoms with Gasteiger partial charge in [-0.15, -0.1) is 0 Å². The second kappa shape index (κ2) is 5.46. The Balaban J connectivity index is 2.99. The first-order valence-electron chi connectivity index (χ1n) is 5.07. The first-order valence-corrected chi connectivity index (χ1v) is 5.86. The number of aliphatic hydroxyl groups excluding tert-OH is 1. The number of aliphatic hydroxyl groups is 1. The predicted molar refractivity (Wildman–Crippen MR) is 65.9 cm³/mol. The van der Waals surface area contributed by atoms with Crippen LogP contribution in [0.1, 0.15) is 31.1 Å². The van der Waals surface area contributed by atoms with E-state index in [2.05, 4.69) is 15.9 Å². The van der Waals surface area contributed by atoms with Gasteiger partial charge in [-0.2, -0.15) is 0 Å². The topological polar surface area (TPSA) is 46.5 Å². The maximum atomic E-state index is 11.4. The fourth-order valence-corrected chi connectivity index (χ4v) is 1.54. The van der Waals surface area contributed by atoms with Crippen molar-refractivity contribution in [1.29, 1.82) is 0 Å². The van der Waals surface area contributed by atoms with Gasteiger partial charge in [0.2, 0.25) is 0 Å². The van der Waals surface area contributed by atoms with Crippen LogP contribution in [-0.4, -0.2) is 23.1 Å². The largest absolute Gasteiger partial charge is 0.487 e. The number of benzene rings is 1. The molecule has 0 saturated heterocycles. The molecule has 0 amide bonds. The SMILES string of the molecule is CC(=O)c1cc(Br)ccc1OC(C)C(C)O. The Hall–Kier alpha value is -0.870. The highest BCUT2D eigenvalue weighted by molar-refractivity contribution is 9.10. The molecule has 0 bridgehead atoms. The Morgan fingerprint density at radius 2 is 2.06 bits per heavy atom. The molecule has 0 spiro atoms. The molecule has 0 heterocycles. The van der Waals surface area contributed by atoms with E-state index in [-0.39, 0.29) is 11.9 Å². The van der Waals surface area contributed by atoms with Gasteiger partial charge in [0.1, 0.15) is 11.9 Å². The van der Waals surface area contributed by atoms with E-state index >= 15 is 0 Å². The van der Waals surface area contributed by atoms with E-state index in [1.807, 2.05) is 0 Å². The lowest BCUT2D eigenvalue weighted by Crippen LogP contribution is -2.26. The number of carbonyl (C=O) groups is 1. The molecule has 0 saturated carbocycles. The molecule has 1 N–H and O–H groups in total. The average molecular weight is 287 g/mol. The number of hydrogen-bond acceptors (Lipinski definition) is 3. The quantitative estimate of drug-likeness (QED) is 0.866. The third-order valence-corrected chi connectivity index (χ3v) is 2.81. The molecule has 0 aliphatic carbocycles. The van der Waals surface area contributed by atoms with Crippen molar-refractivity contribution >= 4 is 21.7 Å². The molecule has 16 heavy (non-hydrogen) atoms. The zero-order valence-corrected chi connectivity index (χ0v) is 11.1. The molecular formula is C12H15BrO3. The maximum absolute atomic E-state index is 11.4. The summed E-state index contributed by atoms with van der Waals surface area (Å²) in [6.45, 7) is 4.90. The Morgan fingerprint density at radius 3 is 2.56 bits per heavy atom. The predicted octanol–water partition coefficient (Wildman–Crippen LogP) is 2.80. The van der Waals surface area contributed by atoms with Crippen molar-refractivity contribution < 1.29 is 14.6 Å². The molecule has 2 unspecified atom stereocenters. The van der Waals surface area contributed by atoms with Crippen LogP contribution in [-0.2, 0) is 0 Å². The summed E-state index contributed by atoms with van der Waals surface area (Å²) in [6.07, 6.45) is -0.928. The second-order valence-corrected chi connectivity index (χ2v) is 4.68. The first kappa shape index (κ1) is 13.2. The normalized spacial score (nSPS) is 14.3. The summed E-state index contributed by atoms with van der Waals surface area (Å²) in [6, 6.07) is 5.24. The van der Waals surface area contributed by atoms with Crippen LogP contribution in [0.25, 0.3) is 0 Å². The van der Waals surface area contributed by atoms with Crippen molar-refractivity contribution in [2.75, 3.05) is 0 Å². The molecule has 4 heteroatoms. The van der Waals surface area contributed by atoms with Gasteiger partial charge in [0, 0.05) is 4.47 Å². The molecule has 1 rings (SSSR count). The Bertz CT molecular complexity index is 388. The van der Waals surface area contributed by atoms with Gasteiger partial charge in [0.25, 0.3) is 0 Å². The van der Waals surface area contributed by atoms with Crippen LogP contribution in [0, 0.1) is 0 Å². The van der Waals surface area contributed by atoms with Crippen molar-refractivity contribution in [2.45, 2.75) is 33.0 Å². The van der Waals surface area contributed by atoms with Gasteiger partial charge in [-0.25, -0.2) is 0 Å². The highest BCUT2D eigenvalue weighted by Crippen LogP contribution is 2.25. The molecule has 0 aliphatic heterocycles. The summed E-state index contributed by atoms with van der Waals surface area (Å²) in [5, 5.41) is 9.35. The van der Waals surface area contributed by atoms with Gasteiger partial charge in [-0.05, 0) is 39.0 Å². The Labute approximate surface area is 104 Å². The number of ether oxygens (including phenoxy) is 1. The molecule has 1 aromatic rings. The van der Waals surface area contributed by atoms with Gasteiger partial charge < -0.3 is 9.84 Å². The standard InChI is InChI=1S/C12H15BrO3/c1-7(14)9(3)16-12-5-4-10(13)6-11(12)8(2)15/h4-7,9,14H,1-3H3. The summed E-state index contributed by atoms with van der Waals surface area (Å²) < 4.78 is 6.36. The lowest BCUT2D eigenvalue weighted by atomic mass is 10.1. The van der Waals surface area contributed by atoms with Gasteiger partial charge in [0.05, 0.1) is 11.7 Å². The van der Waals surface area contributed by atoms with Crippen molar-refractivity contribution in [3.63, 3.8) is 0 Å². The lowest BCUT2D eigenvalue weighted by molar-refractivity contribution is 0.0594. The van der Waals surface area contributed by atoms with E-state index in [4.69, 9.17) is 4.74 Å². The number of halogens is 1. The molecule has 0 aliphatic rings. The minimum atomic E-state index is -0.580. The minimum absolute atomic E-state index is 0.0610. The zero-order valence-electron chi connectivity index (χ0n) is 9.53. The highest BCUT2D eigenvalue weighted by Gasteiger charge is 2.15. The van der Waals surface area contributed by atoms with E-state index in [1.54, 1.807) is 32.0 Å². The molecule has 0 aromatic heterocycles. The molecular weight excluding hydrogens is 272 g/mol. The lowest BCUT2D eigenvalue weighted by Gasteiger charge is -2.19. The molecule has 0 radical (unpaired) electrons. The van der Waals surface area contributed by atoms with E-state index in [1.165, 1.54) is 6.92 Å². The smallest absolute Gasteiger partial charge is 0.163 e. The maximum Gasteiger partial charge on any atom is 0.163 e. The molecule has 88 valence electrons. The van der Waals surface area contributed by atoms with E-state index in [0.717, 1.165) is 4.47 Å². The van der Waals surface area contributed by atoms with Crippen LogP contribution >= 0.6 is 15.9 Å². The third-order valence-electron chi connectivity index (χ3n) is 2.31. The van der Waals surface area contributed by atoms with Crippen molar-refractivity contribution in [3.8, 4) is 5.75 Å². The summed E-state index contributed by atoms with van der Waals surface area (Å²) in [5.41, 5.74) is 0.516. The van der Waals surface area contributed by atoms with Gasteiger partial charge in [-0.1, -0.05) is 15.9 Å². The molecule has 3 nitrogen and oxygen atoms in total. The Kier molecular flexibility index (Phi) is 4.50. The fraction of sp³-hybridized carbons (Fsp3) is 0.417. The van der Waals surface area contributed by atoms with Gasteiger partial charge in [-0.3, -0.25) is 4.79 Å². The van der Waals surface area contributed by atoms with Gasteiger partial charge >= 0.3 is 0 Å². The van der Waals surface area contributed by atoms with E-state index in [9.17, 15) is 9.90 Å². The fourth-order valence-electron chi connectivity index (χ4n) is 1.18. The van der Waals surface area contributed by atoms with Crippen molar-refractivity contribution in [3.05, 3.63) is 28.2 Å². The summed E-state index contributed by atoms with van der Waals surface area (Å²) >= 11 is 3.30. The number of hydrogen-bond donors (Lipinski definition) is 1. The Morgan fingerprint density at radius 1 is 1.44 bits per heavy atom. The van der Waals surface area contributed by atoms with E-state index < -0.39 is 6.10 Å². The van der Waals surface area contributed by atoms with Crippen LogP contribution in [0.2, 0.25) is 0 Å². The zero-order chi connectivity index (χ0) is 12.3. The molecule has 0 fully saturated rings. The summed E-state index contributed by atoms with van der Waals surface area (Å²) in [5.74, 6) is 0.443. The highest BCUT2D eigenvalue weighted by atomic mass is 79.9. The number of carbonyl (C=O) groups excluding carboxylic acids is 1. The van der Waals surface area contributed by atoms with Crippen LogP contribution in [0.3, 0.4) is 0 Å². The number of ketones is 1.